The van der Waals surface area contributed by atoms with Gasteiger partial charge < -0.3 is 10.5 Å². The number of hydrogen-bond acceptors (Lipinski definition) is 4. The Morgan fingerprint density at radius 2 is 2.21 bits per heavy atom. The van der Waals surface area contributed by atoms with Crippen molar-refractivity contribution in [3.05, 3.63) is 52.0 Å². The maximum absolute atomic E-state index is 13.5. The summed E-state index contributed by atoms with van der Waals surface area (Å²) in [5.41, 5.74) is 5.91. The van der Waals surface area contributed by atoms with E-state index in [-0.39, 0.29) is 17.7 Å². The number of nitrogens with zero attached hydrogens (tertiary/aromatic N) is 1. The maximum atomic E-state index is 13.5. The Morgan fingerprint density at radius 1 is 1.42 bits per heavy atom. The lowest BCUT2D eigenvalue weighted by atomic mass is 10.1. The average Bonchev–Trinajstić information content (AvgIpc) is 2.89. The highest BCUT2D eigenvalue weighted by Gasteiger charge is 2.19. The van der Waals surface area contributed by atoms with Crippen molar-refractivity contribution in [2.24, 2.45) is 5.73 Å². The zero-order chi connectivity index (χ0) is 13.8. The van der Waals surface area contributed by atoms with Crippen LogP contribution < -0.4 is 10.5 Å². The fraction of sp³-hybridized carbons (Fsp3) is 0.214. The Morgan fingerprint density at radius 3 is 2.74 bits per heavy atom. The highest BCUT2D eigenvalue weighted by atomic mass is 32.1. The van der Waals surface area contributed by atoms with Gasteiger partial charge in [0.1, 0.15) is 23.7 Å². The molecule has 1 aromatic carbocycles. The molecule has 3 nitrogen and oxygen atoms in total. The molecule has 0 amide bonds. The third-order valence-corrected chi connectivity index (χ3v) is 3.56. The summed E-state index contributed by atoms with van der Waals surface area (Å²) in [6, 6.07) is 9.58. The molecule has 2 N–H and O–H groups in total. The van der Waals surface area contributed by atoms with Gasteiger partial charge >= 0.3 is 0 Å². The number of nitrogens with two attached hydrogens (primary N) is 1. The van der Waals surface area contributed by atoms with Gasteiger partial charge in [0, 0.05) is 17.0 Å². The molecule has 0 fully saturated rings. The summed E-state index contributed by atoms with van der Waals surface area (Å²) in [6.45, 7) is 1.84. The standard InChI is InChI=1S/C14H13FN2OS/c1-9(17)14(13-3-2-6-19-13)18-11-5-4-10(8-16)12(15)7-11/h2-7,9,14H,17H2,1H3. The Bertz CT molecular complexity index is 590. The summed E-state index contributed by atoms with van der Waals surface area (Å²) < 4.78 is 19.2. The minimum atomic E-state index is -0.588. The monoisotopic (exact) mass is 276 g/mol. The second kappa shape index (κ2) is 5.83. The van der Waals surface area contributed by atoms with E-state index in [9.17, 15) is 4.39 Å². The summed E-state index contributed by atoms with van der Waals surface area (Å²) in [7, 11) is 0. The van der Waals surface area contributed by atoms with Crippen LogP contribution in [0.4, 0.5) is 4.39 Å². The first-order valence-corrected chi connectivity index (χ1v) is 6.65. The van der Waals surface area contributed by atoms with Crippen LogP contribution in [0.2, 0.25) is 0 Å². The number of hydrogen-bond donors (Lipinski definition) is 1. The number of rotatable bonds is 4. The minimum absolute atomic E-state index is 0.000760. The fourth-order valence-corrected chi connectivity index (χ4v) is 2.55. The third-order valence-electron chi connectivity index (χ3n) is 2.63. The van der Waals surface area contributed by atoms with Crippen LogP contribution in [0.5, 0.6) is 5.75 Å². The zero-order valence-electron chi connectivity index (χ0n) is 10.3. The molecule has 0 saturated heterocycles. The quantitative estimate of drug-likeness (QED) is 0.932. The first-order chi connectivity index (χ1) is 9.11. The van der Waals surface area contributed by atoms with Crippen LogP contribution in [0.25, 0.3) is 0 Å². The number of halogens is 1. The van der Waals surface area contributed by atoms with Gasteiger partial charge in [-0.15, -0.1) is 11.3 Å². The molecule has 2 rings (SSSR count). The van der Waals surface area contributed by atoms with Crippen molar-refractivity contribution in [2.75, 3.05) is 0 Å². The molecule has 1 heterocycles. The van der Waals surface area contributed by atoms with Crippen molar-refractivity contribution >= 4 is 11.3 Å². The molecule has 0 bridgehead atoms. The van der Waals surface area contributed by atoms with Crippen molar-refractivity contribution in [1.29, 1.82) is 5.26 Å². The topological polar surface area (TPSA) is 59.0 Å². The molecule has 0 aliphatic heterocycles. The van der Waals surface area contributed by atoms with Crippen LogP contribution in [-0.2, 0) is 0 Å². The lowest BCUT2D eigenvalue weighted by Gasteiger charge is -2.21. The molecule has 0 radical (unpaired) electrons. The lowest BCUT2D eigenvalue weighted by Crippen LogP contribution is -2.28. The number of thiophene rings is 1. The molecule has 2 atom stereocenters. The van der Waals surface area contributed by atoms with E-state index in [2.05, 4.69) is 0 Å². The fourth-order valence-electron chi connectivity index (χ4n) is 1.68. The second-order valence-electron chi connectivity index (χ2n) is 4.17. The maximum Gasteiger partial charge on any atom is 0.148 e. The predicted molar refractivity (Wildman–Crippen MR) is 72.5 cm³/mol. The van der Waals surface area contributed by atoms with Crippen molar-refractivity contribution in [3.8, 4) is 11.8 Å². The van der Waals surface area contributed by atoms with Crippen molar-refractivity contribution in [3.63, 3.8) is 0 Å². The van der Waals surface area contributed by atoms with Crippen molar-refractivity contribution in [1.82, 2.24) is 0 Å². The molecule has 2 unspecified atom stereocenters. The zero-order valence-corrected chi connectivity index (χ0v) is 11.2. The molecular formula is C14H13FN2OS. The van der Waals surface area contributed by atoms with E-state index in [4.69, 9.17) is 15.7 Å². The van der Waals surface area contributed by atoms with E-state index in [0.717, 1.165) is 4.88 Å². The molecule has 5 heteroatoms. The molecule has 2 aromatic rings. The predicted octanol–water partition coefficient (Wildman–Crippen LogP) is 3.23. The summed E-state index contributed by atoms with van der Waals surface area (Å²) in [5, 5.41) is 10.6. The van der Waals surface area contributed by atoms with Gasteiger partial charge in [0.05, 0.1) is 5.56 Å². The minimum Gasteiger partial charge on any atom is -0.483 e. The second-order valence-corrected chi connectivity index (χ2v) is 5.15. The van der Waals surface area contributed by atoms with Gasteiger partial charge in [-0.3, -0.25) is 0 Å². The van der Waals surface area contributed by atoms with Gasteiger partial charge in [-0.1, -0.05) is 6.07 Å². The highest BCUT2D eigenvalue weighted by Crippen LogP contribution is 2.28. The highest BCUT2D eigenvalue weighted by molar-refractivity contribution is 7.10. The molecule has 0 aliphatic carbocycles. The van der Waals surface area contributed by atoms with Crippen LogP contribution in [0.3, 0.4) is 0 Å². The first-order valence-electron chi connectivity index (χ1n) is 5.77. The van der Waals surface area contributed by atoms with Gasteiger partial charge in [0.15, 0.2) is 0 Å². The SMILES string of the molecule is CC(N)C(Oc1ccc(C#N)c(F)c1)c1cccs1. The third kappa shape index (κ3) is 3.11. The summed E-state index contributed by atoms with van der Waals surface area (Å²) in [4.78, 5) is 0.986. The van der Waals surface area contributed by atoms with E-state index in [1.54, 1.807) is 12.1 Å². The summed E-state index contributed by atoms with van der Waals surface area (Å²) in [5.74, 6) is -0.221. The number of ether oxygens (including phenoxy) is 1. The molecule has 0 saturated carbocycles. The normalized spacial score (nSPS) is 13.6. The first kappa shape index (κ1) is 13.5. The Balaban J connectivity index is 2.23. The Hall–Kier alpha value is -1.90. The summed E-state index contributed by atoms with van der Waals surface area (Å²) >= 11 is 1.54. The van der Waals surface area contributed by atoms with E-state index < -0.39 is 5.82 Å². The van der Waals surface area contributed by atoms with Crippen molar-refractivity contribution < 1.29 is 9.13 Å². The van der Waals surface area contributed by atoms with Crippen molar-refractivity contribution in [2.45, 2.75) is 19.1 Å². The molecule has 0 aliphatic rings. The number of benzene rings is 1. The molecule has 0 spiro atoms. The Kier molecular flexibility index (Phi) is 4.15. The smallest absolute Gasteiger partial charge is 0.148 e. The van der Waals surface area contributed by atoms with Gasteiger partial charge in [-0.2, -0.15) is 5.26 Å². The van der Waals surface area contributed by atoms with Gasteiger partial charge in [-0.05, 0) is 30.5 Å². The van der Waals surface area contributed by atoms with Crippen LogP contribution in [-0.4, -0.2) is 6.04 Å². The average molecular weight is 276 g/mol. The van der Waals surface area contributed by atoms with Gasteiger partial charge in [0.25, 0.3) is 0 Å². The number of nitriles is 1. The van der Waals surface area contributed by atoms with Crippen LogP contribution in [0.15, 0.2) is 35.7 Å². The van der Waals surface area contributed by atoms with Crippen LogP contribution >= 0.6 is 11.3 Å². The molecule has 1 aromatic heterocycles. The summed E-state index contributed by atoms with van der Waals surface area (Å²) in [6.07, 6.45) is -0.327. The van der Waals surface area contributed by atoms with Crippen LogP contribution in [0.1, 0.15) is 23.5 Å². The van der Waals surface area contributed by atoms with E-state index in [1.807, 2.05) is 24.4 Å². The molecule has 98 valence electrons. The van der Waals surface area contributed by atoms with E-state index in [0.29, 0.717) is 5.75 Å². The largest absolute Gasteiger partial charge is 0.483 e. The molecule has 19 heavy (non-hydrogen) atoms. The van der Waals surface area contributed by atoms with Crippen LogP contribution in [0, 0.1) is 17.1 Å². The van der Waals surface area contributed by atoms with Gasteiger partial charge in [0.2, 0.25) is 0 Å². The van der Waals surface area contributed by atoms with E-state index >= 15 is 0 Å². The molecular weight excluding hydrogens is 263 g/mol. The van der Waals surface area contributed by atoms with Gasteiger partial charge in [-0.25, -0.2) is 4.39 Å². The Labute approximate surface area is 115 Å². The van der Waals surface area contributed by atoms with E-state index in [1.165, 1.54) is 23.5 Å². The lowest BCUT2D eigenvalue weighted by molar-refractivity contribution is 0.183.